The number of aromatic carboxylic acids is 1. The SMILES string of the molecule is O=C(O)c1ccc(Sc2c[nH]c3ncccc23)nc1. The third-order valence-corrected chi connectivity index (χ3v) is 3.62. The number of aromatic amines is 1. The Morgan fingerprint density at radius 3 is 2.89 bits per heavy atom. The maximum Gasteiger partial charge on any atom is 0.337 e. The van der Waals surface area contributed by atoms with Gasteiger partial charge in [-0.1, -0.05) is 11.8 Å². The number of hydrogen-bond donors (Lipinski definition) is 2. The molecular weight excluding hydrogens is 262 g/mol. The number of rotatable bonds is 3. The first-order valence-corrected chi connectivity index (χ1v) is 6.35. The van der Waals surface area contributed by atoms with E-state index in [1.54, 1.807) is 18.3 Å². The van der Waals surface area contributed by atoms with E-state index in [0.717, 1.165) is 21.0 Å². The van der Waals surface area contributed by atoms with E-state index >= 15 is 0 Å². The third kappa shape index (κ3) is 2.30. The summed E-state index contributed by atoms with van der Waals surface area (Å²) in [7, 11) is 0. The largest absolute Gasteiger partial charge is 0.478 e. The molecule has 0 saturated carbocycles. The van der Waals surface area contributed by atoms with Crippen molar-refractivity contribution in [1.82, 2.24) is 15.0 Å². The maximum absolute atomic E-state index is 10.7. The summed E-state index contributed by atoms with van der Waals surface area (Å²) in [6.07, 6.45) is 4.96. The number of fused-ring (bicyclic) bond motifs is 1. The fourth-order valence-electron chi connectivity index (χ4n) is 1.70. The molecule has 0 aliphatic carbocycles. The number of nitrogens with zero attached hydrogens (tertiary/aromatic N) is 2. The molecule has 3 rings (SSSR count). The Balaban J connectivity index is 1.90. The lowest BCUT2D eigenvalue weighted by atomic mass is 10.3. The quantitative estimate of drug-likeness (QED) is 0.765. The van der Waals surface area contributed by atoms with Crippen LogP contribution in [-0.4, -0.2) is 26.0 Å². The van der Waals surface area contributed by atoms with Crippen molar-refractivity contribution in [2.75, 3.05) is 0 Å². The Kier molecular flexibility index (Phi) is 2.92. The predicted octanol–water partition coefficient (Wildman–Crippen LogP) is 2.81. The van der Waals surface area contributed by atoms with Gasteiger partial charge in [0, 0.05) is 28.9 Å². The number of H-pyrrole nitrogens is 1. The van der Waals surface area contributed by atoms with Crippen LogP contribution in [0.3, 0.4) is 0 Å². The van der Waals surface area contributed by atoms with Crippen LogP contribution in [0.1, 0.15) is 10.4 Å². The summed E-state index contributed by atoms with van der Waals surface area (Å²) in [4.78, 5) is 23.2. The number of nitrogens with one attached hydrogen (secondary N) is 1. The molecule has 0 saturated heterocycles. The van der Waals surface area contributed by atoms with Gasteiger partial charge in [0.05, 0.1) is 5.56 Å². The van der Waals surface area contributed by atoms with Gasteiger partial charge in [0.15, 0.2) is 0 Å². The van der Waals surface area contributed by atoms with Crippen LogP contribution in [0.2, 0.25) is 0 Å². The number of pyridine rings is 2. The number of carboxylic acid groups (broad SMARTS) is 1. The summed E-state index contributed by atoms with van der Waals surface area (Å²) in [5, 5.41) is 10.6. The Morgan fingerprint density at radius 1 is 1.26 bits per heavy atom. The summed E-state index contributed by atoms with van der Waals surface area (Å²) in [6.45, 7) is 0. The molecule has 0 radical (unpaired) electrons. The van der Waals surface area contributed by atoms with Gasteiger partial charge >= 0.3 is 5.97 Å². The maximum atomic E-state index is 10.7. The zero-order valence-electron chi connectivity index (χ0n) is 9.70. The minimum atomic E-state index is -0.972. The zero-order chi connectivity index (χ0) is 13.2. The number of aromatic nitrogens is 3. The van der Waals surface area contributed by atoms with E-state index in [0.29, 0.717) is 0 Å². The van der Waals surface area contributed by atoms with Gasteiger partial charge in [-0.2, -0.15) is 0 Å². The van der Waals surface area contributed by atoms with Gasteiger partial charge in [-0.15, -0.1) is 0 Å². The van der Waals surface area contributed by atoms with Crippen molar-refractivity contribution < 1.29 is 9.90 Å². The average molecular weight is 271 g/mol. The fraction of sp³-hybridized carbons (Fsp3) is 0. The Hall–Kier alpha value is -2.34. The topological polar surface area (TPSA) is 78.9 Å². The van der Waals surface area contributed by atoms with E-state index in [-0.39, 0.29) is 5.56 Å². The summed E-state index contributed by atoms with van der Waals surface area (Å²) in [5.41, 5.74) is 1.01. The molecule has 0 amide bonds. The van der Waals surface area contributed by atoms with E-state index in [2.05, 4.69) is 15.0 Å². The van der Waals surface area contributed by atoms with Crippen molar-refractivity contribution in [1.29, 1.82) is 0 Å². The van der Waals surface area contributed by atoms with Crippen LogP contribution in [0.25, 0.3) is 11.0 Å². The molecule has 94 valence electrons. The second-order valence-corrected chi connectivity index (χ2v) is 4.91. The van der Waals surface area contributed by atoms with Crippen LogP contribution >= 0.6 is 11.8 Å². The van der Waals surface area contributed by atoms with Crippen LogP contribution in [0.4, 0.5) is 0 Å². The van der Waals surface area contributed by atoms with Crippen LogP contribution in [-0.2, 0) is 0 Å². The van der Waals surface area contributed by atoms with Crippen LogP contribution < -0.4 is 0 Å². The minimum absolute atomic E-state index is 0.185. The summed E-state index contributed by atoms with van der Waals surface area (Å²) < 4.78 is 0. The highest BCUT2D eigenvalue weighted by molar-refractivity contribution is 7.99. The summed E-state index contributed by atoms with van der Waals surface area (Å²) in [6, 6.07) is 7.10. The highest BCUT2D eigenvalue weighted by atomic mass is 32.2. The number of hydrogen-bond acceptors (Lipinski definition) is 4. The highest BCUT2D eigenvalue weighted by Crippen LogP contribution is 2.31. The molecule has 19 heavy (non-hydrogen) atoms. The summed E-state index contributed by atoms with van der Waals surface area (Å²) in [5.74, 6) is -0.972. The van der Waals surface area contributed by atoms with Gasteiger partial charge in [0.25, 0.3) is 0 Å². The first-order valence-electron chi connectivity index (χ1n) is 5.53. The second kappa shape index (κ2) is 4.74. The van der Waals surface area contributed by atoms with Crippen molar-refractivity contribution in [3.05, 3.63) is 48.4 Å². The summed E-state index contributed by atoms with van der Waals surface area (Å²) >= 11 is 1.47. The highest BCUT2D eigenvalue weighted by Gasteiger charge is 2.08. The van der Waals surface area contributed by atoms with Crippen LogP contribution in [0, 0.1) is 0 Å². The molecule has 0 fully saturated rings. The van der Waals surface area contributed by atoms with E-state index in [4.69, 9.17) is 5.11 Å². The zero-order valence-corrected chi connectivity index (χ0v) is 10.5. The van der Waals surface area contributed by atoms with Gasteiger partial charge in [0.2, 0.25) is 0 Å². The Bertz CT molecular complexity index is 737. The molecule has 0 unspecified atom stereocenters. The Morgan fingerprint density at radius 2 is 2.16 bits per heavy atom. The molecule has 0 aliphatic heterocycles. The van der Waals surface area contributed by atoms with Gasteiger partial charge < -0.3 is 10.1 Å². The molecule has 2 N–H and O–H groups in total. The van der Waals surface area contributed by atoms with E-state index in [1.807, 2.05) is 18.3 Å². The monoisotopic (exact) mass is 271 g/mol. The first-order chi connectivity index (χ1) is 9.24. The molecular formula is C13H9N3O2S. The van der Waals surface area contributed by atoms with Gasteiger partial charge in [0.1, 0.15) is 10.7 Å². The van der Waals surface area contributed by atoms with E-state index in [9.17, 15) is 4.79 Å². The van der Waals surface area contributed by atoms with E-state index in [1.165, 1.54) is 18.0 Å². The van der Waals surface area contributed by atoms with Gasteiger partial charge in [-0.05, 0) is 24.3 Å². The van der Waals surface area contributed by atoms with Crippen molar-refractivity contribution in [3.8, 4) is 0 Å². The van der Waals surface area contributed by atoms with Crippen molar-refractivity contribution >= 4 is 28.8 Å². The van der Waals surface area contributed by atoms with Crippen LogP contribution in [0.5, 0.6) is 0 Å². The lowest BCUT2D eigenvalue weighted by molar-refractivity contribution is 0.0696. The molecule has 5 nitrogen and oxygen atoms in total. The molecule has 0 spiro atoms. The molecule has 0 bridgehead atoms. The standard InChI is InChI=1S/C13H9N3O2S/c17-13(18)8-3-4-11(15-6-8)19-10-7-16-12-9(10)2-1-5-14-12/h1-7H,(H,14,16)(H,17,18). The minimum Gasteiger partial charge on any atom is -0.478 e. The van der Waals surface area contributed by atoms with Gasteiger partial charge in [-0.3, -0.25) is 0 Å². The van der Waals surface area contributed by atoms with Crippen molar-refractivity contribution in [2.45, 2.75) is 9.92 Å². The lowest BCUT2D eigenvalue weighted by Gasteiger charge is -1.99. The lowest BCUT2D eigenvalue weighted by Crippen LogP contribution is -1.96. The van der Waals surface area contributed by atoms with Crippen LogP contribution in [0.15, 0.2) is 52.8 Å². The molecule has 3 aromatic heterocycles. The molecule has 0 atom stereocenters. The van der Waals surface area contributed by atoms with E-state index < -0.39 is 5.97 Å². The number of carbonyl (C=O) groups is 1. The normalized spacial score (nSPS) is 10.7. The second-order valence-electron chi connectivity index (χ2n) is 3.84. The number of carboxylic acids is 1. The average Bonchev–Trinajstić information content (AvgIpc) is 2.83. The Labute approximate surface area is 112 Å². The molecule has 0 aromatic carbocycles. The molecule has 3 aromatic rings. The smallest absolute Gasteiger partial charge is 0.337 e. The van der Waals surface area contributed by atoms with Crippen molar-refractivity contribution in [3.63, 3.8) is 0 Å². The van der Waals surface area contributed by atoms with Crippen molar-refractivity contribution in [2.24, 2.45) is 0 Å². The molecule has 0 aliphatic rings. The first kappa shape index (κ1) is 11.7. The van der Waals surface area contributed by atoms with Gasteiger partial charge in [-0.25, -0.2) is 14.8 Å². The molecule has 6 heteroatoms. The predicted molar refractivity (Wildman–Crippen MR) is 71.4 cm³/mol. The third-order valence-electron chi connectivity index (χ3n) is 2.61. The fourth-order valence-corrected chi connectivity index (χ4v) is 2.55. The molecule has 3 heterocycles.